The average Bonchev–Trinajstić information content (AvgIpc) is 3.16. The first kappa shape index (κ1) is 14.6. The summed E-state index contributed by atoms with van der Waals surface area (Å²) in [5.41, 5.74) is 0.634. The van der Waals surface area contributed by atoms with Gasteiger partial charge in [-0.15, -0.1) is 11.3 Å². The Morgan fingerprint density at radius 1 is 1.38 bits per heavy atom. The lowest BCUT2D eigenvalue weighted by Gasteiger charge is -2.32. The molecule has 2 aromatic rings. The molecular weight excluding hydrogens is 308 g/mol. The minimum absolute atomic E-state index is 0.0623. The van der Waals surface area contributed by atoms with Crippen LogP contribution in [0.5, 0.6) is 0 Å². The minimum Gasteiger partial charge on any atom is -0.472 e. The lowest BCUT2D eigenvalue weighted by Crippen LogP contribution is -2.44. The van der Waals surface area contributed by atoms with E-state index in [1.807, 2.05) is 11.0 Å². The van der Waals surface area contributed by atoms with Gasteiger partial charge in [0.05, 0.1) is 16.2 Å². The van der Waals surface area contributed by atoms with Crippen LogP contribution >= 0.6 is 22.9 Å². The fourth-order valence-corrected chi connectivity index (χ4v) is 3.59. The summed E-state index contributed by atoms with van der Waals surface area (Å²) in [5.74, 6) is 0.0623. The highest BCUT2D eigenvalue weighted by Crippen LogP contribution is 2.22. The Morgan fingerprint density at radius 3 is 2.81 bits per heavy atom. The van der Waals surface area contributed by atoms with Crippen LogP contribution in [0.2, 0.25) is 4.34 Å². The normalized spacial score (nSPS) is 16.3. The van der Waals surface area contributed by atoms with Crippen molar-refractivity contribution < 1.29 is 9.21 Å². The molecule has 0 unspecified atom stereocenters. The third-order valence-electron chi connectivity index (χ3n) is 3.74. The monoisotopic (exact) mass is 324 g/mol. The van der Waals surface area contributed by atoms with Crippen molar-refractivity contribution in [3.05, 3.63) is 45.5 Å². The van der Waals surface area contributed by atoms with Gasteiger partial charge in [0.2, 0.25) is 0 Å². The average molecular weight is 325 g/mol. The van der Waals surface area contributed by atoms with E-state index in [0.29, 0.717) is 11.6 Å². The van der Waals surface area contributed by atoms with Crippen molar-refractivity contribution in [1.82, 2.24) is 10.2 Å². The van der Waals surface area contributed by atoms with Gasteiger partial charge in [-0.05, 0) is 31.0 Å². The van der Waals surface area contributed by atoms with Crippen molar-refractivity contribution in [2.24, 2.45) is 0 Å². The molecule has 1 aliphatic heterocycles. The Balaban J connectivity index is 1.45. The van der Waals surface area contributed by atoms with Crippen LogP contribution in [0.3, 0.4) is 0 Å². The van der Waals surface area contributed by atoms with Gasteiger partial charge < -0.3 is 14.6 Å². The first-order valence-corrected chi connectivity index (χ1v) is 8.21. The van der Waals surface area contributed by atoms with E-state index < -0.39 is 0 Å². The first-order valence-electron chi connectivity index (χ1n) is 7.01. The maximum absolute atomic E-state index is 12.2. The number of carbonyl (C=O) groups is 1. The molecule has 4 nitrogen and oxygen atoms in total. The minimum atomic E-state index is 0.0623. The number of carbonyl (C=O) groups excluding carboxylic acids is 1. The second-order valence-corrected chi connectivity index (χ2v) is 6.96. The number of amides is 1. The van der Waals surface area contributed by atoms with Gasteiger partial charge >= 0.3 is 0 Å². The second-order valence-electron chi connectivity index (χ2n) is 5.17. The SMILES string of the molecule is O=C(c1ccoc1)N1CCC(NCc2ccc(Cl)s2)CC1. The predicted octanol–water partition coefficient (Wildman–Crippen LogP) is 3.39. The summed E-state index contributed by atoms with van der Waals surface area (Å²) in [6.07, 6.45) is 4.99. The number of halogens is 1. The Bertz CT molecular complexity index is 589. The first-order chi connectivity index (χ1) is 10.2. The lowest BCUT2D eigenvalue weighted by atomic mass is 10.0. The van der Waals surface area contributed by atoms with Crippen molar-refractivity contribution in [3.8, 4) is 0 Å². The van der Waals surface area contributed by atoms with E-state index in [9.17, 15) is 4.79 Å². The van der Waals surface area contributed by atoms with Crippen molar-refractivity contribution in [2.45, 2.75) is 25.4 Å². The standard InChI is InChI=1S/C15H17ClN2O2S/c16-14-2-1-13(21-14)9-17-12-3-6-18(7-4-12)15(19)11-5-8-20-10-11/h1-2,5,8,10,12,17H,3-4,6-7,9H2. The summed E-state index contributed by atoms with van der Waals surface area (Å²) in [6, 6.07) is 6.15. The van der Waals surface area contributed by atoms with E-state index in [1.54, 1.807) is 17.4 Å². The fourth-order valence-electron chi connectivity index (χ4n) is 2.55. The molecule has 0 saturated carbocycles. The Hall–Kier alpha value is -1.30. The molecule has 3 rings (SSSR count). The molecule has 0 aliphatic carbocycles. The molecule has 6 heteroatoms. The lowest BCUT2D eigenvalue weighted by molar-refractivity contribution is 0.0704. The summed E-state index contributed by atoms with van der Waals surface area (Å²) in [6.45, 7) is 2.41. The van der Waals surface area contributed by atoms with E-state index in [1.165, 1.54) is 17.4 Å². The zero-order chi connectivity index (χ0) is 14.7. The maximum Gasteiger partial charge on any atom is 0.257 e. The summed E-state index contributed by atoms with van der Waals surface area (Å²) in [5, 5.41) is 3.54. The van der Waals surface area contributed by atoms with Crippen LogP contribution in [0.4, 0.5) is 0 Å². The second kappa shape index (κ2) is 6.64. The maximum atomic E-state index is 12.2. The van der Waals surface area contributed by atoms with Crippen molar-refractivity contribution in [3.63, 3.8) is 0 Å². The molecule has 0 spiro atoms. The van der Waals surface area contributed by atoms with Crippen LogP contribution < -0.4 is 5.32 Å². The van der Waals surface area contributed by atoms with Crippen molar-refractivity contribution in [2.75, 3.05) is 13.1 Å². The molecule has 0 radical (unpaired) electrons. The van der Waals surface area contributed by atoms with Gasteiger partial charge in [0.1, 0.15) is 6.26 Å². The van der Waals surface area contributed by atoms with Crippen LogP contribution in [-0.4, -0.2) is 29.9 Å². The topological polar surface area (TPSA) is 45.5 Å². The molecule has 0 aromatic carbocycles. The van der Waals surface area contributed by atoms with Gasteiger partial charge in [-0.2, -0.15) is 0 Å². The van der Waals surface area contributed by atoms with Gasteiger partial charge in [0, 0.05) is 30.6 Å². The molecule has 1 fully saturated rings. The number of furan rings is 1. The quantitative estimate of drug-likeness (QED) is 0.937. The molecule has 112 valence electrons. The molecule has 1 saturated heterocycles. The zero-order valence-corrected chi connectivity index (χ0v) is 13.1. The van der Waals surface area contributed by atoms with Crippen molar-refractivity contribution >= 4 is 28.8 Å². The third-order valence-corrected chi connectivity index (χ3v) is 4.98. The summed E-state index contributed by atoms with van der Waals surface area (Å²) in [7, 11) is 0. The number of likely N-dealkylation sites (tertiary alicyclic amines) is 1. The van der Waals surface area contributed by atoms with E-state index in [-0.39, 0.29) is 5.91 Å². The van der Waals surface area contributed by atoms with E-state index >= 15 is 0 Å². The summed E-state index contributed by atoms with van der Waals surface area (Å²) < 4.78 is 5.79. The number of piperidine rings is 1. The molecule has 21 heavy (non-hydrogen) atoms. The number of rotatable bonds is 4. The van der Waals surface area contributed by atoms with Gasteiger partial charge in [0.25, 0.3) is 5.91 Å². The number of nitrogens with one attached hydrogen (secondary N) is 1. The Labute approximate surface area is 132 Å². The van der Waals surface area contributed by atoms with Gasteiger partial charge in [-0.25, -0.2) is 0 Å². The Kier molecular flexibility index (Phi) is 4.63. The van der Waals surface area contributed by atoms with E-state index in [2.05, 4.69) is 11.4 Å². The highest BCUT2D eigenvalue weighted by Gasteiger charge is 2.23. The smallest absolute Gasteiger partial charge is 0.257 e. The molecule has 2 aromatic heterocycles. The van der Waals surface area contributed by atoms with Gasteiger partial charge in [-0.3, -0.25) is 4.79 Å². The van der Waals surface area contributed by atoms with Gasteiger partial charge in [0.15, 0.2) is 0 Å². The molecular formula is C15H17ClN2O2S. The molecule has 0 bridgehead atoms. The highest BCUT2D eigenvalue weighted by atomic mass is 35.5. The predicted molar refractivity (Wildman–Crippen MR) is 83.8 cm³/mol. The number of thiophene rings is 1. The largest absolute Gasteiger partial charge is 0.472 e. The number of hydrogen-bond donors (Lipinski definition) is 1. The van der Waals surface area contributed by atoms with E-state index in [0.717, 1.165) is 36.8 Å². The van der Waals surface area contributed by atoms with Crippen LogP contribution in [0.1, 0.15) is 28.1 Å². The van der Waals surface area contributed by atoms with Crippen LogP contribution in [0.25, 0.3) is 0 Å². The fraction of sp³-hybridized carbons (Fsp3) is 0.400. The Morgan fingerprint density at radius 2 is 2.19 bits per heavy atom. The summed E-state index contributed by atoms with van der Waals surface area (Å²) in [4.78, 5) is 15.3. The van der Waals surface area contributed by atoms with Gasteiger partial charge in [-0.1, -0.05) is 11.6 Å². The van der Waals surface area contributed by atoms with Crippen LogP contribution in [-0.2, 0) is 6.54 Å². The zero-order valence-electron chi connectivity index (χ0n) is 11.5. The molecule has 1 N–H and O–H groups in total. The third kappa shape index (κ3) is 3.67. The van der Waals surface area contributed by atoms with Crippen LogP contribution in [0.15, 0.2) is 35.1 Å². The molecule has 1 aliphatic rings. The molecule has 0 atom stereocenters. The molecule has 3 heterocycles. The van der Waals surface area contributed by atoms with E-state index in [4.69, 9.17) is 16.0 Å². The van der Waals surface area contributed by atoms with Crippen molar-refractivity contribution in [1.29, 1.82) is 0 Å². The number of nitrogens with zero attached hydrogens (tertiary/aromatic N) is 1. The van der Waals surface area contributed by atoms with Crippen LogP contribution in [0, 0.1) is 0 Å². The molecule has 1 amide bonds. The number of hydrogen-bond acceptors (Lipinski definition) is 4. The summed E-state index contributed by atoms with van der Waals surface area (Å²) >= 11 is 7.53. The highest BCUT2D eigenvalue weighted by molar-refractivity contribution is 7.16.